The Morgan fingerprint density at radius 2 is 1.60 bits per heavy atom. The summed E-state index contributed by atoms with van der Waals surface area (Å²) in [7, 11) is -3.04. The van der Waals surface area contributed by atoms with E-state index in [9.17, 15) is 8.42 Å². The molecular formula is C14H31N3O2S. The summed E-state index contributed by atoms with van der Waals surface area (Å²) in [5.41, 5.74) is 0.113. The van der Waals surface area contributed by atoms with Gasteiger partial charge in [-0.2, -0.15) is 4.31 Å². The molecule has 0 aromatic carbocycles. The van der Waals surface area contributed by atoms with E-state index in [4.69, 9.17) is 0 Å². The predicted octanol–water partition coefficient (Wildman–Crippen LogP) is 0.976. The second-order valence-electron chi connectivity index (χ2n) is 7.14. The van der Waals surface area contributed by atoms with E-state index >= 15 is 0 Å². The Kier molecular flexibility index (Phi) is 6.01. The van der Waals surface area contributed by atoms with Crippen molar-refractivity contribution in [3.8, 4) is 0 Å². The molecule has 0 spiro atoms. The zero-order valence-electron chi connectivity index (χ0n) is 13.8. The highest BCUT2D eigenvalue weighted by Crippen LogP contribution is 2.15. The molecule has 1 aliphatic rings. The molecule has 0 aliphatic carbocycles. The van der Waals surface area contributed by atoms with Crippen LogP contribution in [0.3, 0.4) is 0 Å². The summed E-state index contributed by atoms with van der Waals surface area (Å²) in [6, 6.07) is 0.455. The third-order valence-electron chi connectivity index (χ3n) is 3.82. The Bertz CT molecular complexity index is 393. The van der Waals surface area contributed by atoms with Gasteiger partial charge in [0.15, 0.2) is 0 Å². The molecule has 0 aromatic heterocycles. The van der Waals surface area contributed by atoms with Crippen molar-refractivity contribution in [3.63, 3.8) is 0 Å². The number of hydrogen-bond acceptors (Lipinski definition) is 4. The van der Waals surface area contributed by atoms with Gasteiger partial charge in [-0.25, -0.2) is 8.42 Å². The fourth-order valence-electron chi connectivity index (χ4n) is 2.56. The van der Waals surface area contributed by atoms with Crippen LogP contribution in [0.4, 0.5) is 0 Å². The molecule has 1 aliphatic heterocycles. The van der Waals surface area contributed by atoms with E-state index in [0.717, 1.165) is 19.6 Å². The van der Waals surface area contributed by atoms with Crippen LogP contribution in [0.15, 0.2) is 0 Å². The molecule has 0 aromatic rings. The number of piperazine rings is 1. The number of rotatable bonds is 5. The van der Waals surface area contributed by atoms with Gasteiger partial charge in [-0.1, -0.05) is 13.8 Å². The van der Waals surface area contributed by atoms with E-state index in [2.05, 4.69) is 44.8 Å². The molecule has 1 saturated heterocycles. The van der Waals surface area contributed by atoms with E-state index in [1.807, 2.05) is 0 Å². The van der Waals surface area contributed by atoms with Gasteiger partial charge in [0, 0.05) is 44.3 Å². The minimum atomic E-state index is -3.04. The van der Waals surface area contributed by atoms with Crippen LogP contribution in [0.2, 0.25) is 0 Å². The first-order valence-corrected chi connectivity index (χ1v) is 9.30. The molecule has 120 valence electrons. The summed E-state index contributed by atoms with van der Waals surface area (Å²) in [6.45, 7) is 14.8. The summed E-state index contributed by atoms with van der Waals surface area (Å²) in [5, 5.41) is 3.57. The van der Waals surface area contributed by atoms with E-state index in [1.54, 1.807) is 4.31 Å². The van der Waals surface area contributed by atoms with Gasteiger partial charge >= 0.3 is 0 Å². The van der Waals surface area contributed by atoms with Gasteiger partial charge in [-0.3, -0.25) is 4.90 Å². The van der Waals surface area contributed by atoms with Crippen molar-refractivity contribution >= 4 is 10.0 Å². The monoisotopic (exact) mass is 305 g/mol. The summed E-state index contributed by atoms with van der Waals surface area (Å²) < 4.78 is 24.7. The van der Waals surface area contributed by atoms with E-state index < -0.39 is 10.0 Å². The van der Waals surface area contributed by atoms with Crippen LogP contribution in [0.25, 0.3) is 0 Å². The Balaban J connectivity index is 2.58. The minimum Gasteiger partial charge on any atom is -0.311 e. The molecule has 1 heterocycles. The summed E-state index contributed by atoms with van der Waals surface area (Å²) in [4.78, 5) is 2.42. The quantitative estimate of drug-likeness (QED) is 0.822. The van der Waals surface area contributed by atoms with Gasteiger partial charge in [0.1, 0.15) is 0 Å². The highest BCUT2D eigenvalue weighted by molar-refractivity contribution is 7.88. The van der Waals surface area contributed by atoms with Crippen LogP contribution < -0.4 is 5.32 Å². The highest BCUT2D eigenvalue weighted by atomic mass is 32.2. The Labute approximate surface area is 124 Å². The van der Waals surface area contributed by atoms with Crippen molar-refractivity contribution in [2.45, 2.75) is 46.2 Å². The van der Waals surface area contributed by atoms with Crippen molar-refractivity contribution in [1.29, 1.82) is 0 Å². The molecule has 6 heteroatoms. The minimum absolute atomic E-state index is 0.113. The van der Waals surface area contributed by atoms with Gasteiger partial charge in [0.05, 0.1) is 6.26 Å². The van der Waals surface area contributed by atoms with Crippen LogP contribution >= 0.6 is 0 Å². The lowest BCUT2D eigenvalue weighted by atomic mass is 10.00. The van der Waals surface area contributed by atoms with Gasteiger partial charge < -0.3 is 5.32 Å². The fourth-order valence-corrected chi connectivity index (χ4v) is 3.39. The molecule has 0 amide bonds. The number of sulfonamides is 1. The smallest absolute Gasteiger partial charge is 0.211 e. The molecule has 1 N–H and O–H groups in total. The van der Waals surface area contributed by atoms with Gasteiger partial charge in [-0.15, -0.1) is 0 Å². The van der Waals surface area contributed by atoms with Gasteiger partial charge in [0.2, 0.25) is 10.0 Å². The summed E-state index contributed by atoms with van der Waals surface area (Å²) >= 11 is 0. The largest absolute Gasteiger partial charge is 0.311 e. The maximum absolute atomic E-state index is 11.5. The SMILES string of the molecule is CC(C)C(CNC(C)(C)C)N1CCN(S(C)(=O)=O)CC1. The normalized spacial score (nSPS) is 21.4. The van der Waals surface area contributed by atoms with Gasteiger partial charge in [0.25, 0.3) is 0 Å². The Morgan fingerprint density at radius 3 is 1.95 bits per heavy atom. The Hall–Kier alpha value is -0.170. The van der Waals surface area contributed by atoms with Crippen molar-refractivity contribution in [3.05, 3.63) is 0 Å². The Morgan fingerprint density at radius 1 is 1.10 bits per heavy atom. The van der Waals surface area contributed by atoms with Crippen molar-refractivity contribution in [2.24, 2.45) is 5.92 Å². The van der Waals surface area contributed by atoms with E-state index in [0.29, 0.717) is 25.0 Å². The molecule has 1 fully saturated rings. The lowest BCUT2D eigenvalue weighted by Gasteiger charge is -2.41. The number of nitrogens with zero attached hydrogens (tertiary/aromatic N) is 2. The van der Waals surface area contributed by atoms with Gasteiger partial charge in [-0.05, 0) is 26.7 Å². The van der Waals surface area contributed by atoms with E-state index in [1.165, 1.54) is 6.26 Å². The summed E-state index contributed by atoms with van der Waals surface area (Å²) in [5.74, 6) is 0.551. The highest BCUT2D eigenvalue weighted by Gasteiger charge is 2.29. The van der Waals surface area contributed by atoms with E-state index in [-0.39, 0.29) is 5.54 Å². The van der Waals surface area contributed by atoms with Crippen LogP contribution in [0.5, 0.6) is 0 Å². The summed E-state index contributed by atoms with van der Waals surface area (Å²) in [6.07, 6.45) is 1.30. The van der Waals surface area contributed by atoms with Crippen LogP contribution in [0.1, 0.15) is 34.6 Å². The third-order valence-corrected chi connectivity index (χ3v) is 5.13. The molecule has 0 bridgehead atoms. The first kappa shape index (κ1) is 17.9. The standard InChI is InChI=1S/C14H31N3O2S/c1-12(2)13(11-15-14(3,4)5)16-7-9-17(10-8-16)20(6,18)19/h12-13,15H,7-11H2,1-6H3. The molecule has 0 saturated carbocycles. The fraction of sp³-hybridized carbons (Fsp3) is 1.00. The molecule has 0 radical (unpaired) electrons. The first-order valence-electron chi connectivity index (χ1n) is 7.45. The molecule has 1 rings (SSSR count). The molecule has 1 unspecified atom stereocenters. The van der Waals surface area contributed by atoms with Crippen molar-refractivity contribution < 1.29 is 8.42 Å². The van der Waals surface area contributed by atoms with Crippen molar-refractivity contribution in [1.82, 2.24) is 14.5 Å². The maximum atomic E-state index is 11.5. The second kappa shape index (κ2) is 6.73. The maximum Gasteiger partial charge on any atom is 0.211 e. The number of hydrogen-bond donors (Lipinski definition) is 1. The molecular weight excluding hydrogens is 274 g/mol. The first-order chi connectivity index (χ1) is 9.00. The molecule has 5 nitrogen and oxygen atoms in total. The van der Waals surface area contributed by atoms with Crippen molar-refractivity contribution in [2.75, 3.05) is 39.0 Å². The molecule has 20 heavy (non-hydrogen) atoms. The average Bonchev–Trinajstić information content (AvgIpc) is 2.26. The topological polar surface area (TPSA) is 52.6 Å². The predicted molar refractivity (Wildman–Crippen MR) is 84.4 cm³/mol. The second-order valence-corrected chi connectivity index (χ2v) is 9.12. The van der Waals surface area contributed by atoms with Crippen LogP contribution in [-0.2, 0) is 10.0 Å². The van der Waals surface area contributed by atoms with Crippen LogP contribution in [0, 0.1) is 5.92 Å². The zero-order valence-corrected chi connectivity index (χ0v) is 14.6. The zero-order chi connectivity index (χ0) is 15.6. The molecule has 1 atom stereocenters. The lowest BCUT2D eigenvalue weighted by Crippen LogP contribution is -2.56. The lowest BCUT2D eigenvalue weighted by molar-refractivity contribution is 0.103. The number of nitrogens with one attached hydrogen (secondary N) is 1. The average molecular weight is 305 g/mol. The third kappa shape index (κ3) is 5.68. The van der Waals surface area contributed by atoms with Crippen LogP contribution in [-0.4, -0.2) is 68.2 Å².